The van der Waals surface area contributed by atoms with Gasteiger partial charge in [0.15, 0.2) is 0 Å². The summed E-state index contributed by atoms with van der Waals surface area (Å²) in [5.41, 5.74) is 2.74. The van der Waals surface area contributed by atoms with Crippen molar-refractivity contribution in [3.63, 3.8) is 0 Å². The molecule has 4 fully saturated rings. The minimum absolute atomic E-state index is 0.0879. The van der Waals surface area contributed by atoms with Gasteiger partial charge in [-0.05, 0) is 55.1 Å². The van der Waals surface area contributed by atoms with Crippen LogP contribution in [0, 0.1) is 27.4 Å². The first kappa shape index (κ1) is 24.0. The van der Waals surface area contributed by atoms with Crippen LogP contribution >= 0.6 is 11.9 Å². The van der Waals surface area contributed by atoms with Crippen molar-refractivity contribution >= 4 is 35.7 Å². The van der Waals surface area contributed by atoms with E-state index in [0.717, 1.165) is 23.0 Å². The standard InChI is InChI=1S/C27H31BN2O5S/c1-26(2)19-13-23(26)27(3)24(14-19)34-28(35-27)25(12-18-15-33-22-11-7-5-9-20(18)22)29-36-16-17-8-4-6-10-21(17)30(31)32/h4-11,15,19,23-25,29H,12-14,16H2,1-3H3/t19?,23?,24-,25?,27+/m1/s1. The lowest BCUT2D eigenvalue weighted by Crippen LogP contribution is -2.65. The predicted molar refractivity (Wildman–Crippen MR) is 141 cm³/mol. The molecule has 3 unspecified atom stereocenters. The van der Waals surface area contributed by atoms with Crippen molar-refractivity contribution in [2.45, 2.75) is 63.4 Å². The average Bonchev–Trinajstić information content (AvgIpc) is 3.43. The molecule has 3 saturated carbocycles. The second-order valence-corrected chi connectivity index (χ2v) is 12.0. The maximum atomic E-state index is 11.5. The monoisotopic (exact) mass is 506 g/mol. The number of fused-ring (bicyclic) bond motifs is 1. The van der Waals surface area contributed by atoms with E-state index >= 15 is 0 Å². The van der Waals surface area contributed by atoms with Gasteiger partial charge in [0, 0.05) is 22.8 Å². The summed E-state index contributed by atoms with van der Waals surface area (Å²) in [6.07, 6.45) is 4.79. The van der Waals surface area contributed by atoms with Crippen LogP contribution < -0.4 is 4.72 Å². The normalized spacial score (nSPS) is 29.1. The van der Waals surface area contributed by atoms with Crippen LogP contribution in [0.5, 0.6) is 0 Å². The lowest BCUT2D eigenvalue weighted by Gasteiger charge is -2.64. The molecule has 1 saturated heterocycles. The molecule has 2 heterocycles. The Balaban J connectivity index is 1.23. The second-order valence-electron chi connectivity index (χ2n) is 11.2. The van der Waals surface area contributed by atoms with Crippen LogP contribution in [0.2, 0.25) is 0 Å². The highest BCUT2D eigenvalue weighted by molar-refractivity contribution is 7.96. The number of nitro benzene ring substituents is 1. The molecule has 3 aliphatic carbocycles. The highest BCUT2D eigenvalue weighted by Crippen LogP contribution is 2.65. The molecule has 0 spiro atoms. The Kier molecular flexibility index (Phi) is 5.95. The van der Waals surface area contributed by atoms with E-state index in [1.165, 1.54) is 18.4 Å². The van der Waals surface area contributed by atoms with Crippen LogP contribution in [0.3, 0.4) is 0 Å². The van der Waals surface area contributed by atoms with E-state index in [1.807, 2.05) is 30.5 Å². The van der Waals surface area contributed by atoms with E-state index in [2.05, 4.69) is 31.6 Å². The third-order valence-electron chi connectivity index (χ3n) is 8.95. The number of benzene rings is 2. The van der Waals surface area contributed by atoms with Gasteiger partial charge in [-0.2, -0.15) is 0 Å². The van der Waals surface area contributed by atoms with E-state index in [1.54, 1.807) is 18.2 Å². The molecule has 7 rings (SSSR count). The molecule has 5 atom stereocenters. The lowest BCUT2D eigenvalue weighted by atomic mass is 9.43. The molecule has 0 amide bonds. The number of hydrogen-bond donors (Lipinski definition) is 1. The Morgan fingerprint density at radius 3 is 2.72 bits per heavy atom. The number of furan rings is 1. The summed E-state index contributed by atoms with van der Waals surface area (Å²) in [5, 5.41) is 12.5. The number of nitro groups is 1. The highest BCUT2D eigenvalue weighted by Gasteiger charge is 2.68. The van der Waals surface area contributed by atoms with Crippen molar-refractivity contribution in [2.75, 3.05) is 0 Å². The third kappa shape index (κ3) is 3.88. The highest BCUT2D eigenvalue weighted by atomic mass is 32.2. The van der Waals surface area contributed by atoms with Gasteiger partial charge in [0.1, 0.15) is 5.58 Å². The van der Waals surface area contributed by atoms with E-state index in [9.17, 15) is 10.1 Å². The number of nitrogens with one attached hydrogen (secondary N) is 1. The van der Waals surface area contributed by atoms with Gasteiger partial charge in [-0.25, -0.2) is 0 Å². The Labute approximate surface area is 215 Å². The summed E-state index contributed by atoms with van der Waals surface area (Å²) in [5.74, 6) is 1.47. The van der Waals surface area contributed by atoms with Crippen molar-refractivity contribution < 1.29 is 18.6 Å². The van der Waals surface area contributed by atoms with Crippen molar-refractivity contribution in [3.05, 3.63) is 76.0 Å². The molecule has 4 aliphatic rings. The van der Waals surface area contributed by atoms with Crippen LogP contribution in [0.15, 0.2) is 59.2 Å². The van der Waals surface area contributed by atoms with Crippen LogP contribution in [0.4, 0.5) is 5.69 Å². The van der Waals surface area contributed by atoms with E-state index in [0.29, 0.717) is 29.6 Å². The lowest BCUT2D eigenvalue weighted by molar-refractivity contribution is -0.385. The summed E-state index contributed by atoms with van der Waals surface area (Å²) in [4.78, 5) is 11.1. The molecule has 2 bridgehead atoms. The number of rotatable bonds is 8. The van der Waals surface area contributed by atoms with Gasteiger partial charge in [-0.1, -0.05) is 62.2 Å². The summed E-state index contributed by atoms with van der Waals surface area (Å²) < 4.78 is 22.8. The Bertz CT molecular complexity index is 1300. The smallest absolute Gasteiger partial charge is 0.464 e. The molecule has 1 aliphatic heterocycles. The fourth-order valence-electron chi connectivity index (χ4n) is 6.73. The first-order valence-electron chi connectivity index (χ1n) is 12.7. The Hall–Kier alpha value is -2.33. The fourth-order valence-corrected chi connectivity index (χ4v) is 7.62. The van der Waals surface area contributed by atoms with Crippen molar-refractivity contribution in [2.24, 2.45) is 17.3 Å². The van der Waals surface area contributed by atoms with Crippen LogP contribution in [0.1, 0.15) is 44.7 Å². The summed E-state index contributed by atoms with van der Waals surface area (Å²) >= 11 is 1.46. The van der Waals surface area contributed by atoms with Gasteiger partial charge in [0.25, 0.3) is 5.69 Å². The number of nitrogens with zero attached hydrogens (tertiary/aromatic N) is 1. The minimum atomic E-state index is -0.415. The van der Waals surface area contributed by atoms with Crippen LogP contribution in [-0.2, 0) is 21.5 Å². The van der Waals surface area contributed by atoms with Crippen molar-refractivity contribution in [3.8, 4) is 0 Å². The zero-order chi connectivity index (χ0) is 25.1. The maximum Gasteiger partial charge on any atom is 0.477 e. The van der Waals surface area contributed by atoms with Gasteiger partial charge in [-0.3, -0.25) is 14.8 Å². The fraction of sp³-hybridized carbons (Fsp3) is 0.481. The summed E-state index contributed by atoms with van der Waals surface area (Å²) in [6, 6.07) is 14.9. The van der Waals surface area contributed by atoms with E-state index < -0.39 is 7.12 Å². The first-order valence-corrected chi connectivity index (χ1v) is 13.6. The van der Waals surface area contributed by atoms with Gasteiger partial charge >= 0.3 is 7.12 Å². The third-order valence-corrected chi connectivity index (χ3v) is 9.87. The van der Waals surface area contributed by atoms with Crippen molar-refractivity contribution in [1.29, 1.82) is 0 Å². The largest absolute Gasteiger partial charge is 0.477 e. The quantitative estimate of drug-likeness (QED) is 0.175. The molecule has 9 heteroatoms. The molecule has 7 nitrogen and oxygen atoms in total. The van der Waals surface area contributed by atoms with Gasteiger partial charge in [0.05, 0.1) is 28.8 Å². The summed E-state index contributed by atoms with van der Waals surface area (Å²) in [7, 11) is -0.415. The SMILES string of the molecule is CC1(C)C2CC1[C@]1(C)OB(C(Cc3coc4ccccc34)NSCc3ccccc3[N+](=O)[O-])O[C@@H]1C2. The Morgan fingerprint density at radius 2 is 1.92 bits per heavy atom. The molecular formula is C27H31BN2O5S. The zero-order valence-electron chi connectivity index (χ0n) is 20.8. The molecule has 188 valence electrons. The van der Waals surface area contributed by atoms with Crippen LogP contribution in [-0.4, -0.2) is 29.7 Å². The Morgan fingerprint density at radius 1 is 1.14 bits per heavy atom. The molecule has 2 aromatic carbocycles. The summed E-state index contributed by atoms with van der Waals surface area (Å²) in [6.45, 7) is 6.95. The van der Waals surface area contributed by atoms with Gasteiger partial charge in [0.2, 0.25) is 0 Å². The first-order chi connectivity index (χ1) is 17.3. The molecular weight excluding hydrogens is 475 g/mol. The average molecular weight is 506 g/mol. The van der Waals surface area contributed by atoms with Crippen LogP contribution in [0.25, 0.3) is 11.0 Å². The van der Waals surface area contributed by atoms with Crippen molar-refractivity contribution in [1.82, 2.24) is 4.72 Å². The zero-order valence-corrected chi connectivity index (χ0v) is 21.6. The number of para-hydroxylation sites is 2. The van der Waals surface area contributed by atoms with E-state index in [4.69, 9.17) is 13.7 Å². The van der Waals surface area contributed by atoms with Gasteiger partial charge in [-0.15, -0.1) is 0 Å². The second kappa shape index (κ2) is 8.90. The molecule has 1 aromatic heterocycles. The number of hydrogen-bond acceptors (Lipinski definition) is 7. The predicted octanol–water partition coefficient (Wildman–Crippen LogP) is 5.96. The topological polar surface area (TPSA) is 86.8 Å². The molecule has 1 N–H and O–H groups in total. The molecule has 36 heavy (non-hydrogen) atoms. The molecule has 3 aromatic rings. The molecule has 0 radical (unpaired) electrons. The maximum absolute atomic E-state index is 11.5. The van der Waals surface area contributed by atoms with Gasteiger partial charge < -0.3 is 13.7 Å². The van der Waals surface area contributed by atoms with E-state index in [-0.39, 0.29) is 33.7 Å². The minimum Gasteiger partial charge on any atom is -0.464 e.